The van der Waals surface area contributed by atoms with Crippen LogP contribution in [0.2, 0.25) is 0 Å². The summed E-state index contributed by atoms with van der Waals surface area (Å²) in [5, 5.41) is 10.3. The Morgan fingerprint density at radius 3 is 2.40 bits per heavy atom. The van der Waals surface area contributed by atoms with Crippen molar-refractivity contribution in [1.82, 2.24) is 15.3 Å². The Morgan fingerprint density at radius 2 is 1.60 bits per heavy atom. The van der Waals surface area contributed by atoms with Gasteiger partial charge in [-0.3, -0.25) is 4.79 Å². The van der Waals surface area contributed by atoms with E-state index in [9.17, 15) is 4.79 Å². The van der Waals surface area contributed by atoms with E-state index in [1.807, 2.05) is 37.2 Å². The topological polar surface area (TPSA) is 70.2 Å². The van der Waals surface area contributed by atoms with E-state index >= 15 is 0 Å². The molecule has 1 amide bonds. The molecule has 0 radical (unpaired) electrons. The number of amides is 1. The Kier molecular flexibility index (Phi) is 6.80. The molecule has 1 aliphatic rings. The molecule has 0 aliphatic heterocycles. The normalized spacial score (nSPS) is 17.9. The minimum Gasteiger partial charge on any atom is -0.362 e. The van der Waals surface area contributed by atoms with Gasteiger partial charge in [-0.2, -0.15) is 4.98 Å². The van der Waals surface area contributed by atoms with Gasteiger partial charge in [-0.05, 0) is 60.6 Å². The summed E-state index contributed by atoms with van der Waals surface area (Å²) < 4.78 is 0. The predicted molar refractivity (Wildman–Crippen MR) is 144 cm³/mol. The lowest BCUT2D eigenvalue weighted by Gasteiger charge is -2.28. The Hall–Kier alpha value is -3.67. The second-order valence-electron chi connectivity index (χ2n) is 9.65. The molecule has 1 heterocycles. The van der Waals surface area contributed by atoms with Gasteiger partial charge in [0.2, 0.25) is 11.9 Å². The van der Waals surface area contributed by atoms with Crippen LogP contribution in [-0.4, -0.2) is 42.6 Å². The average molecular weight is 468 g/mol. The van der Waals surface area contributed by atoms with Crippen molar-refractivity contribution in [3.05, 3.63) is 72.3 Å². The Labute approximate surface area is 206 Å². The summed E-state index contributed by atoms with van der Waals surface area (Å²) in [4.78, 5) is 24.3. The Balaban J connectivity index is 1.14. The van der Waals surface area contributed by atoms with E-state index < -0.39 is 0 Å². The second-order valence-corrected chi connectivity index (χ2v) is 9.65. The summed E-state index contributed by atoms with van der Waals surface area (Å²) in [7, 11) is 4.01. The van der Waals surface area contributed by atoms with E-state index in [4.69, 9.17) is 9.97 Å². The van der Waals surface area contributed by atoms with Gasteiger partial charge in [-0.1, -0.05) is 54.6 Å². The number of nitrogens with zero attached hydrogens (tertiary/aromatic N) is 3. The molecular weight excluding hydrogens is 434 g/mol. The Morgan fingerprint density at radius 1 is 0.886 bits per heavy atom. The van der Waals surface area contributed by atoms with Gasteiger partial charge in [-0.15, -0.1) is 0 Å². The monoisotopic (exact) mass is 467 g/mol. The first-order valence-electron chi connectivity index (χ1n) is 12.5. The summed E-state index contributed by atoms with van der Waals surface area (Å²) in [6, 6.07) is 23.2. The molecule has 1 saturated carbocycles. The number of fused-ring (bicyclic) bond motifs is 2. The molecule has 35 heavy (non-hydrogen) atoms. The first-order valence-corrected chi connectivity index (χ1v) is 12.5. The largest absolute Gasteiger partial charge is 0.362 e. The van der Waals surface area contributed by atoms with Gasteiger partial charge in [-0.25, -0.2) is 4.98 Å². The smallest absolute Gasteiger partial charge is 0.225 e. The zero-order valence-corrected chi connectivity index (χ0v) is 20.5. The summed E-state index contributed by atoms with van der Waals surface area (Å²) in [5.74, 6) is 1.84. The second kappa shape index (κ2) is 10.3. The number of hydrogen-bond donors (Lipinski definition) is 2. The number of carbonyl (C=O) groups excluding carboxylic acids is 1. The van der Waals surface area contributed by atoms with Crippen molar-refractivity contribution in [2.45, 2.75) is 38.1 Å². The number of hydrogen-bond acceptors (Lipinski definition) is 5. The lowest BCUT2D eigenvalue weighted by Crippen LogP contribution is -2.37. The molecule has 1 fully saturated rings. The average Bonchev–Trinajstić information content (AvgIpc) is 2.88. The molecule has 0 saturated heterocycles. The Bertz CT molecular complexity index is 1320. The quantitative estimate of drug-likeness (QED) is 0.392. The van der Waals surface area contributed by atoms with Crippen LogP contribution in [0.15, 0.2) is 66.7 Å². The molecule has 1 aromatic heterocycles. The highest BCUT2D eigenvalue weighted by Crippen LogP contribution is 2.28. The molecule has 4 aromatic rings. The summed E-state index contributed by atoms with van der Waals surface area (Å²) >= 11 is 0. The van der Waals surface area contributed by atoms with Crippen LogP contribution in [0.1, 0.15) is 31.2 Å². The third-order valence-electron chi connectivity index (χ3n) is 7.01. The molecule has 0 spiro atoms. The van der Waals surface area contributed by atoms with Crippen molar-refractivity contribution in [3.8, 4) is 0 Å². The van der Waals surface area contributed by atoms with Gasteiger partial charge in [0.1, 0.15) is 5.82 Å². The minimum atomic E-state index is 0.0791. The van der Waals surface area contributed by atoms with Gasteiger partial charge in [0.25, 0.3) is 0 Å². The van der Waals surface area contributed by atoms with Crippen LogP contribution >= 0.6 is 0 Å². The molecule has 3 aromatic carbocycles. The van der Waals surface area contributed by atoms with Crippen LogP contribution in [0, 0.1) is 5.92 Å². The molecule has 0 bridgehead atoms. The zero-order chi connectivity index (χ0) is 24.2. The number of anilines is 2. The van der Waals surface area contributed by atoms with Gasteiger partial charge in [0.05, 0.1) is 5.52 Å². The highest BCUT2D eigenvalue weighted by Gasteiger charge is 2.26. The number of carbonyl (C=O) groups is 1. The zero-order valence-electron chi connectivity index (χ0n) is 20.5. The summed E-state index contributed by atoms with van der Waals surface area (Å²) in [6.07, 6.45) is 4.49. The maximum atomic E-state index is 12.8. The van der Waals surface area contributed by atoms with Crippen molar-refractivity contribution >= 4 is 39.3 Å². The van der Waals surface area contributed by atoms with Crippen LogP contribution in [0.3, 0.4) is 0 Å². The predicted octanol–water partition coefficient (Wildman–Crippen LogP) is 5.18. The van der Waals surface area contributed by atoms with Crippen molar-refractivity contribution in [1.29, 1.82) is 0 Å². The number of nitrogens with one attached hydrogen (secondary N) is 2. The molecule has 6 heteroatoms. The van der Waals surface area contributed by atoms with E-state index in [-0.39, 0.29) is 17.9 Å². The number of benzene rings is 3. The van der Waals surface area contributed by atoms with Crippen molar-refractivity contribution in [3.63, 3.8) is 0 Å². The third kappa shape index (κ3) is 5.21. The molecule has 0 atom stereocenters. The molecular formula is C29H33N5O. The van der Waals surface area contributed by atoms with E-state index in [0.29, 0.717) is 12.5 Å². The van der Waals surface area contributed by atoms with Gasteiger partial charge in [0.15, 0.2) is 0 Å². The lowest BCUT2D eigenvalue weighted by molar-refractivity contribution is -0.125. The van der Waals surface area contributed by atoms with Crippen LogP contribution < -0.4 is 15.5 Å². The van der Waals surface area contributed by atoms with Crippen molar-refractivity contribution < 1.29 is 4.79 Å². The van der Waals surface area contributed by atoms with E-state index in [0.717, 1.165) is 48.8 Å². The van der Waals surface area contributed by atoms with Crippen LogP contribution in [-0.2, 0) is 11.2 Å². The van der Waals surface area contributed by atoms with Crippen LogP contribution in [0.25, 0.3) is 21.7 Å². The van der Waals surface area contributed by atoms with E-state index in [1.54, 1.807) is 0 Å². The summed E-state index contributed by atoms with van der Waals surface area (Å²) in [6.45, 7) is 0.670. The van der Waals surface area contributed by atoms with Crippen molar-refractivity contribution in [2.75, 3.05) is 30.9 Å². The van der Waals surface area contributed by atoms with Crippen LogP contribution in [0.4, 0.5) is 11.8 Å². The molecule has 1 aliphatic carbocycles. The fraction of sp³-hybridized carbons (Fsp3) is 0.345. The minimum absolute atomic E-state index is 0.0791. The molecule has 2 N–H and O–H groups in total. The maximum Gasteiger partial charge on any atom is 0.225 e. The highest BCUT2D eigenvalue weighted by molar-refractivity contribution is 5.90. The fourth-order valence-electron chi connectivity index (χ4n) is 5.12. The van der Waals surface area contributed by atoms with Crippen LogP contribution in [0.5, 0.6) is 0 Å². The highest BCUT2D eigenvalue weighted by atomic mass is 16.1. The standard InChI is InChI=1S/C29H33N5O/c1-34(2)27-25-12-5-6-13-26(25)32-29(33-27)31-23-16-14-22(15-17-23)28(35)30-19-18-21-10-7-9-20-8-3-4-11-24(20)21/h3-13,22-23H,14-19H2,1-2H3,(H,30,35)(H,31,32,33). The van der Waals surface area contributed by atoms with Crippen molar-refractivity contribution in [2.24, 2.45) is 5.92 Å². The number of rotatable bonds is 7. The molecule has 180 valence electrons. The van der Waals surface area contributed by atoms with E-state index in [1.165, 1.54) is 16.3 Å². The van der Waals surface area contributed by atoms with Gasteiger partial charge < -0.3 is 15.5 Å². The molecule has 0 unspecified atom stereocenters. The molecule has 6 nitrogen and oxygen atoms in total. The van der Waals surface area contributed by atoms with Gasteiger partial charge >= 0.3 is 0 Å². The maximum absolute atomic E-state index is 12.8. The van der Waals surface area contributed by atoms with Gasteiger partial charge in [0, 0.05) is 38.0 Å². The summed E-state index contributed by atoms with van der Waals surface area (Å²) in [5.41, 5.74) is 2.22. The first-order chi connectivity index (χ1) is 17.1. The first kappa shape index (κ1) is 23.1. The fourth-order valence-corrected chi connectivity index (χ4v) is 5.12. The number of para-hydroxylation sites is 1. The third-order valence-corrected chi connectivity index (χ3v) is 7.01. The van der Waals surface area contributed by atoms with E-state index in [2.05, 4.69) is 59.2 Å². The lowest BCUT2D eigenvalue weighted by atomic mass is 9.85. The molecule has 5 rings (SSSR count). The SMILES string of the molecule is CN(C)c1nc(NC2CCC(C(=O)NCCc3cccc4ccccc34)CC2)nc2ccccc12. The number of aromatic nitrogens is 2.